The van der Waals surface area contributed by atoms with Gasteiger partial charge in [0.15, 0.2) is 0 Å². The third-order valence-electron chi connectivity index (χ3n) is 3.02. The maximum atomic E-state index is 2.41. The molecular formula is C13H18. The summed E-state index contributed by atoms with van der Waals surface area (Å²) in [5.41, 5.74) is 3.66. The summed E-state index contributed by atoms with van der Waals surface area (Å²) in [6.45, 7) is 9.34. The Balaban J connectivity index is 2.50. The summed E-state index contributed by atoms with van der Waals surface area (Å²) in [5.74, 6) is 0. The molecular weight excluding hydrogens is 156 g/mol. The first-order valence-electron chi connectivity index (χ1n) is 5.03. The molecule has 0 unspecified atom stereocenters. The van der Waals surface area contributed by atoms with E-state index in [2.05, 4.69) is 52.0 Å². The average molecular weight is 174 g/mol. The number of hydrogen-bond donors (Lipinski definition) is 0. The minimum Gasteiger partial charge on any atom is -0.0713 e. The van der Waals surface area contributed by atoms with Crippen LogP contribution < -0.4 is 0 Å². The fourth-order valence-electron chi connectivity index (χ4n) is 2.88. The van der Waals surface area contributed by atoms with Gasteiger partial charge < -0.3 is 0 Å². The highest BCUT2D eigenvalue weighted by molar-refractivity contribution is 5.53. The van der Waals surface area contributed by atoms with Crippen molar-refractivity contribution >= 4 is 0 Å². The Morgan fingerprint density at radius 3 is 2.54 bits per heavy atom. The summed E-state index contributed by atoms with van der Waals surface area (Å²) >= 11 is 0. The van der Waals surface area contributed by atoms with Crippen LogP contribution in [0.1, 0.15) is 34.1 Å². The van der Waals surface area contributed by atoms with Gasteiger partial charge in [-0.1, -0.05) is 52.0 Å². The number of fused-ring (bicyclic) bond motifs is 1. The lowest BCUT2D eigenvalue weighted by Crippen LogP contribution is -2.28. The second-order valence-electron chi connectivity index (χ2n) is 5.59. The van der Waals surface area contributed by atoms with Gasteiger partial charge in [0, 0.05) is 0 Å². The topological polar surface area (TPSA) is 0 Å². The third-order valence-corrected chi connectivity index (χ3v) is 3.02. The minimum absolute atomic E-state index is 0.344. The smallest absolute Gasteiger partial charge is 0.00897 e. The number of rotatable bonds is 0. The van der Waals surface area contributed by atoms with Gasteiger partial charge in [-0.25, -0.2) is 0 Å². The zero-order chi connectivity index (χ0) is 9.69. The van der Waals surface area contributed by atoms with Gasteiger partial charge in [0.2, 0.25) is 0 Å². The lowest BCUT2D eigenvalue weighted by atomic mass is 9.65. The Labute approximate surface area is 81.0 Å². The highest BCUT2D eigenvalue weighted by atomic mass is 14.4. The van der Waals surface area contributed by atoms with E-state index < -0.39 is 0 Å². The molecule has 70 valence electrons. The highest BCUT2D eigenvalue weighted by Gasteiger charge is 2.36. The molecule has 2 rings (SSSR count). The second kappa shape index (κ2) is 2.37. The fourth-order valence-corrected chi connectivity index (χ4v) is 2.88. The van der Waals surface area contributed by atoms with E-state index in [1.165, 1.54) is 17.6 Å². The van der Waals surface area contributed by atoms with Crippen LogP contribution in [0.4, 0.5) is 0 Å². The normalized spacial score (nSPS) is 28.0. The van der Waals surface area contributed by atoms with Gasteiger partial charge in [-0.15, -0.1) is 0 Å². The third kappa shape index (κ3) is 1.39. The summed E-state index contributed by atoms with van der Waals surface area (Å²) in [5, 5.41) is 0. The zero-order valence-electron chi connectivity index (χ0n) is 9.02. The van der Waals surface area contributed by atoms with Crippen LogP contribution in [0.2, 0.25) is 0 Å². The van der Waals surface area contributed by atoms with Gasteiger partial charge >= 0.3 is 0 Å². The Morgan fingerprint density at radius 1 is 1.15 bits per heavy atom. The van der Waals surface area contributed by atoms with E-state index in [1.54, 1.807) is 0 Å². The molecule has 0 saturated heterocycles. The van der Waals surface area contributed by atoms with Crippen molar-refractivity contribution in [3.63, 3.8) is 0 Å². The van der Waals surface area contributed by atoms with E-state index in [1.807, 2.05) is 0 Å². The van der Waals surface area contributed by atoms with E-state index in [0.717, 1.165) is 0 Å². The second-order valence-corrected chi connectivity index (χ2v) is 5.59. The first kappa shape index (κ1) is 8.80. The minimum atomic E-state index is 0.344. The van der Waals surface area contributed by atoms with Crippen molar-refractivity contribution in [1.29, 1.82) is 0 Å². The summed E-state index contributed by atoms with van der Waals surface area (Å²) in [6, 6.07) is 0. The van der Waals surface area contributed by atoms with Crippen LogP contribution in [0.25, 0.3) is 0 Å². The van der Waals surface area contributed by atoms with Crippen molar-refractivity contribution in [3.05, 3.63) is 35.5 Å². The average Bonchev–Trinajstić information content (AvgIpc) is 2.29. The molecule has 0 aromatic heterocycles. The fraction of sp³-hybridized carbons (Fsp3) is 0.538. The van der Waals surface area contributed by atoms with E-state index in [-0.39, 0.29) is 0 Å². The Hall–Kier alpha value is -0.780. The lowest BCUT2D eigenvalue weighted by Gasteiger charge is -2.40. The van der Waals surface area contributed by atoms with E-state index in [0.29, 0.717) is 10.8 Å². The van der Waals surface area contributed by atoms with Gasteiger partial charge in [0.05, 0.1) is 0 Å². The van der Waals surface area contributed by atoms with Gasteiger partial charge in [-0.2, -0.15) is 0 Å². The quantitative estimate of drug-likeness (QED) is 0.523. The van der Waals surface area contributed by atoms with Crippen LogP contribution >= 0.6 is 0 Å². The molecule has 0 nitrogen and oxygen atoms in total. The molecule has 0 fully saturated rings. The van der Waals surface area contributed by atoms with E-state index >= 15 is 0 Å². The molecule has 0 atom stereocenters. The molecule has 0 N–H and O–H groups in total. The molecule has 0 amide bonds. The predicted octanol–water partition coefficient (Wildman–Crippen LogP) is 3.87. The van der Waals surface area contributed by atoms with E-state index in [9.17, 15) is 0 Å². The Morgan fingerprint density at radius 2 is 1.85 bits per heavy atom. The van der Waals surface area contributed by atoms with Crippen LogP contribution in [-0.2, 0) is 0 Å². The van der Waals surface area contributed by atoms with Crippen molar-refractivity contribution in [2.45, 2.75) is 34.1 Å². The van der Waals surface area contributed by atoms with Crippen molar-refractivity contribution in [1.82, 2.24) is 0 Å². The Bertz CT molecular complexity index is 322. The molecule has 2 aliphatic carbocycles. The molecule has 0 heteroatoms. The predicted molar refractivity (Wildman–Crippen MR) is 57.5 cm³/mol. The van der Waals surface area contributed by atoms with Gasteiger partial charge in [-0.05, 0) is 28.4 Å². The van der Waals surface area contributed by atoms with Crippen LogP contribution in [0, 0.1) is 10.8 Å². The zero-order valence-corrected chi connectivity index (χ0v) is 9.02. The lowest BCUT2D eigenvalue weighted by molar-refractivity contribution is 0.269. The SMILES string of the molecule is CC1(C)C=C2C=CC=C2C(C)(C)C1. The molecule has 0 heterocycles. The number of hydrogen-bond acceptors (Lipinski definition) is 0. The number of allylic oxidation sites excluding steroid dienone is 6. The van der Waals surface area contributed by atoms with Gasteiger partial charge in [0.25, 0.3) is 0 Å². The van der Waals surface area contributed by atoms with Crippen LogP contribution in [0.15, 0.2) is 35.5 Å². The first-order chi connectivity index (χ1) is 5.91. The molecule has 0 aromatic carbocycles. The molecule has 0 radical (unpaired) electrons. The molecule has 0 saturated carbocycles. The summed E-state index contributed by atoms with van der Waals surface area (Å²) in [4.78, 5) is 0. The molecule has 0 aliphatic heterocycles. The molecule has 2 aliphatic rings. The Kier molecular flexibility index (Phi) is 1.61. The molecule has 0 bridgehead atoms. The summed E-state index contributed by atoms with van der Waals surface area (Å²) < 4.78 is 0. The maximum absolute atomic E-state index is 2.41. The molecule has 0 spiro atoms. The highest BCUT2D eigenvalue weighted by Crippen LogP contribution is 2.49. The first-order valence-corrected chi connectivity index (χ1v) is 5.03. The maximum Gasteiger partial charge on any atom is -0.00897 e. The van der Waals surface area contributed by atoms with Crippen molar-refractivity contribution in [3.8, 4) is 0 Å². The van der Waals surface area contributed by atoms with Gasteiger partial charge in [0.1, 0.15) is 0 Å². The standard InChI is InChI=1S/C13H18/c1-12(2)8-10-6-5-7-11(10)13(3,4)9-12/h5-8H,9H2,1-4H3. The van der Waals surface area contributed by atoms with Crippen molar-refractivity contribution in [2.24, 2.45) is 10.8 Å². The molecule has 0 aromatic rings. The van der Waals surface area contributed by atoms with Crippen LogP contribution in [-0.4, -0.2) is 0 Å². The van der Waals surface area contributed by atoms with E-state index in [4.69, 9.17) is 0 Å². The monoisotopic (exact) mass is 174 g/mol. The van der Waals surface area contributed by atoms with Crippen LogP contribution in [0.3, 0.4) is 0 Å². The molecule has 13 heavy (non-hydrogen) atoms. The summed E-state index contributed by atoms with van der Waals surface area (Å²) in [7, 11) is 0. The van der Waals surface area contributed by atoms with Crippen molar-refractivity contribution in [2.75, 3.05) is 0 Å². The van der Waals surface area contributed by atoms with Crippen molar-refractivity contribution < 1.29 is 0 Å². The largest absolute Gasteiger partial charge is 0.0713 e. The van der Waals surface area contributed by atoms with Gasteiger partial charge in [-0.3, -0.25) is 0 Å². The van der Waals surface area contributed by atoms with Crippen LogP contribution in [0.5, 0.6) is 0 Å². The summed E-state index contributed by atoms with van der Waals surface area (Å²) in [6.07, 6.45) is 10.3.